The fourth-order valence-corrected chi connectivity index (χ4v) is 1.46. The van der Waals surface area contributed by atoms with Crippen molar-refractivity contribution >= 4 is 23.2 Å². The highest BCUT2D eigenvalue weighted by molar-refractivity contribution is 6.18. The van der Waals surface area contributed by atoms with Crippen LogP contribution >= 0.6 is 23.2 Å². The van der Waals surface area contributed by atoms with Gasteiger partial charge in [0.2, 0.25) is 0 Å². The number of rotatable bonds is 2. The second-order valence-corrected chi connectivity index (χ2v) is 2.90. The molecule has 0 aromatic heterocycles. The SMILES string of the molecule is N#Cc1ccc(CCl)c(CCl)c1. The maximum Gasteiger partial charge on any atom is 0.0991 e. The topological polar surface area (TPSA) is 23.8 Å². The van der Waals surface area contributed by atoms with Gasteiger partial charge in [-0.15, -0.1) is 23.2 Å². The number of benzene rings is 1. The van der Waals surface area contributed by atoms with E-state index in [0.717, 1.165) is 11.1 Å². The second kappa shape index (κ2) is 4.35. The van der Waals surface area contributed by atoms with Crippen LogP contribution in [0.5, 0.6) is 0 Å². The fraction of sp³-hybridized carbons (Fsp3) is 0.222. The van der Waals surface area contributed by atoms with Crippen LogP contribution in [0.3, 0.4) is 0 Å². The van der Waals surface area contributed by atoms with Gasteiger partial charge in [0.15, 0.2) is 0 Å². The summed E-state index contributed by atoms with van der Waals surface area (Å²) in [5.74, 6) is 0.839. The zero-order valence-electron chi connectivity index (χ0n) is 6.35. The van der Waals surface area contributed by atoms with Crippen molar-refractivity contribution in [3.63, 3.8) is 0 Å². The molecule has 0 atom stereocenters. The third kappa shape index (κ3) is 1.91. The summed E-state index contributed by atoms with van der Waals surface area (Å²) in [5.41, 5.74) is 2.55. The molecule has 1 nitrogen and oxygen atoms in total. The minimum atomic E-state index is 0.400. The van der Waals surface area contributed by atoms with Crippen LogP contribution in [0.1, 0.15) is 16.7 Å². The highest BCUT2D eigenvalue weighted by Crippen LogP contribution is 2.15. The van der Waals surface area contributed by atoms with Gasteiger partial charge in [0.1, 0.15) is 0 Å². The Balaban J connectivity index is 3.13. The highest BCUT2D eigenvalue weighted by atomic mass is 35.5. The van der Waals surface area contributed by atoms with Gasteiger partial charge in [-0.1, -0.05) is 6.07 Å². The summed E-state index contributed by atoms with van der Waals surface area (Å²) >= 11 is 11.3. The predicted octanol–water partition coefficient (Wildman–Crippen LogP) is 3.04. The molecule has 1 rings (SSSR count). The largest absolute Gasteiger partial charge is 0.192 e. The molecule has 0 unspecified atom stereocenters. The molecule has 62 valence electrons. The van der Waals surface area contributed by atoms with Crippen LogP contribution in [0.15, 0.2) is 18.2 Å². The van der Waals surface area contributed by atoms with Gasteiger partial charge in [0.25, 0.3) is 0 Å². The Bertz CT molecular complexity index is 315. The number of hydrogen-bond acceptors (Lipinski definition) is 1. The molecule has 0 aliphatic rings. The zero-order chi connectivity index (χ0) is 8.97. The van der Waals surface area contributed by atoms with Gasteiger partial charge in [-0.2, -0.15) is 5.26 Å². The first kappa shape index (κ1) is 9.38. The first-order chi connectivity index (χ1) is 5.81. The lowest BCUT2D eigenvalue weighted by atomic mass is 10.1. The molecule has 0 fully saturated rings. The molecule has 0 amide bonds. The summed E-state index contributed by atoms with van der Waals surface area (Å²) < 4.78 is 0. The maximum absolute atomic E-state index is 8.60. The van der Waals surface area contributed by atoms with Crippen LogP contribution in [0, 0.1) is 11.3 Å². The molecule has 0 aliphatic carbocycles. The van der Waals surface area contributed by atoms with Crippen LogP contribution in [-0.2, 0) is 11.8 Å². The van der Waals surface area contributed by atoms with Crippen molar-refractivity contribution in [1.29, 1.82) is 5.26 Å². The van der Waals surface area contributed by atoms with Gasteiger partial charge in [0.05, 0.1) is 11.6 Å². The number of alkyl halides is 2. The minimum Gasteiger partial charge on any atom is -0.192 e. The van der Waals surface area contributed by atoms with E-state index >= 15 is 0 Å². The fourth-order valence-electron chi connectivity index (χ4n) is 0.950. The van der Waals surface area contributed by atoms with Crippen molar-refractivity contribution in [1.82, 2.24) is 0 Å². The van der Waals surface area contributed by atoms with E-state index in [1.165, 1.54) is 0 Å². The Kier molecular flexibility index (Phi) is 3.40. The Labute approximate surface area is 81.5 Å². The third-order valence-corrected chi connectivity index (χ3v) is 2.20. The molecule has 0 aliphatic heterocycles. The van der Waals surface area contributed by atoms with E-state index in [1.54, 1.807) is 12.1 Å². The molecule has 0 bridgehead atoms. The lowest BCUT2D eigenvalue weighted by Gasteiger charge is -2.02. The molecular formula is C9H7Cl2N. The Morgan fingerprint density at radius 3 is 2.33 bits per heavy atom. The summed E-state index contributed by atoms with van der Waals surface area (Å²) in [4.78, 5) is 0. The van der Waals surface area contributed by atoms with Gasteiger partial charge in [-0.25, -0.2) is 0 Å². The average Bonchev–Trinajstić information content (AvgIpc) is 2.16. The van der Waals surface area contributed by atoms with Gasteiger partial charge in [-0.3, -0.25) is 0 Å². The molecule has 12 heavy (non-hydrogen) atoms. The second-order valence-electron chi connectivity index (χ2n) is 2.36. The molecule has 0 spiro atoms. The Morgan fingerprint density at radius 2 is 1.83 bits per heavy atom. The lowest BCUT2D eigenvalue weighted by molar-refractivity contribution is 1.26. The third-order valence-electron chi connectivity index (χ3n) is 1.62. The van der Waals surface area contributed by atoms with E-state index in [0.29, 0.717) is 17.3 Å². The molecular weight excluding hydrogens is 193 g/mol. The van der Waals surface area contributed by atoms with E-state index in [-0.39, 0.29) is 0 Å². The monoisotopic (exact) mass is 199 g/mol. The van der Waals surface area contributed by atoms with Crippen LogP contribution in [0.2, 0.25) is 0 Å². The van der Waals surface area contributed by atoms with E-state index in [1.807, 2.05) is 6.07 Å². The standard InChI is InChI=1S/C9H7Cl2N/c10-4-8-2-1-7(6-12)3-9(8)5-11/h1-3H,4-5H2. The van der Waals surface area contributed by atoms with Crippen molar-refractivity contribution in [3.8, 4) is 6.07 Å². The van der Waals surface area contributed by atoms with Gasteiger partial charge in [0, 0.05) is 11.8 Å². The van der Waals surface area contributed by atoms with E-state index < -0.39 is 0 Å². The highest BCUT2D eigenvalue weighted by Gasteiger charge is 2.00. The van der Waals surface area contributed by atoms with Crippen LogP contribution in [0.25, 0.3) is 0 Å². The van der Waals surface area contributed by atoms with Crippen LogP contribution in [0.4, 0.5) is 0 Å². The summed E-state index contributed by atoms with van der Waals surface area (Å²) in [7, 11) is 0. The van der Waals surface area contributed by atoms with Crippen molar-refractivity contribution < 1.29 is 0 Å². The van der Waals surface area contributed by atoms with E-state index in [2.05, 4.69) is 6.07 Å². The number of hydrogen-bond donors (Lipinski definition) is 0. The van der Waals surface area contributed by atoms with Crippen LogP contribution < -0.4 is 0 Å². The molecule has 0 heterocycles. The minimum absolute atomic E-state index is 0.400. The molecule has 0 radical (unpaired) electrons. The van der Waals surface area contributed by atoms with Gasteiger partial charge < -0.3 is 0 Å². The summed E-state index contributed by atoms with van der Waals surface area (Å²) in [6, 6.07) is 7.40. The van der Waals surface area contributed by atoms with E-state index in [9.17, 15) is 0 Å². The molecule has 0 N–H and O–H groups in total. The van der Waals surface area contributed by atoms with E-state index in [4.69, 9.17) is 28.5 Å². The molecule has 1 aromatic rings. The predicted molar refractivity (Wildman–Crippen MR) is 50.3 cm³/mol. The number of nitrogens with zero attached hydrogens (tertiary/aromatic N) is 1. The molecule has 0 saturated carbocycles. The Hall–Kier alpha value is -0.710. The van der Waals surface area contributed by atoms with Crippen molar-refractivity contribution in [2.75, 3.05) is 0 Å². The summed E-state index contributed by atoms with van der Waals surface area (Å²) in [5, 5.41) is 8.60. The molecule has 0 saturated heterocycles. The summed E-state index contributed by atoms with van der Waals surface area (Å²) in [6.07, 6.45) is 0. The van der Waals surface area contributed by atoms with Gasteiger partial charge >= 0.3 is 0 Å². The van der Waals surface area contributed by atoms with Crippen molar-refractivity contribution in [3.05, 3.63) is 34.9 Å². The number of nitriles is 1. The Morgan fingerprint density at radius 1 is 1.17 bits per heavy atom. The molecule has 1 aromatic carbocycles. The molecule has 3 heteroatoms. The zero-order valence-corrected chi connectivity index (χ0v) is 7.86. The quantitative estimate of drug-likeness (QED) is 0.673. The normalized spacial score (nSPS) is 9.42. The van der Waals surface area contributed by atoms with Crippen LogP contribution in [-0.4, -0.2) is 0 Å². The van der Waals surface area contributed by atoms with Crippen molar-refractivity contribution in [2.24, 2.45) is 0 Å². The van der Waals surface area contributed by atoms with Crippen molar-refractivity contribution in [2.45, 2.75) is 11.8 Å². The van der Waals surface area contributed by atoms with Gasteiger partial charge in [-0.05, 0) is 23.3 Å². The first-order valence-corrected chi connectivity index (χ1v) is 4.52. The maximum atomic E-state index is 8.60. The smallest absolute Gasteiger partial charge is 0.0991 e. The first-order valence-electron chi connectivity index (χ1n) is 3.45. The average molecular weight is 200 g/mol. The number of halogens is 2. The lowest BCUT2D eigenvalue weighted by Crippen LogP contribution is -1.89. The summed E-state index contributed by atoms with van der Waals surface area (Å²) in [6.45, 7) is 0.